The number of para-hydroxylation sites is 1. The van der Waals surface area contributed by atoms with Crippen LogP contribution in [0.2, 0.25) is 5.02 Å². The Morgan fingerprint density at radius 3 is 2.88 bits per heavy atom. The van der Waals surface area contributed by atoms with E-state index in [4.69, 9.17) is 11.6 Å². The van der Waals surface area contributed by atoms with Gasteiger partial charge in [0.05, 0.1) is 6.20 Å². The van der Waals surface area contributed by atoms with Gasteiger partial charge in [-0.1, -0.05) is 23.7 Å². The second-order valence-corrected chi connectivity index (χ2v) is 6.90. The van der Waals surface area contributed by atoms with Gasteiger partial charge in [-0.05, 0) is 12.1 Å². The number of fused-ring (bicyclic) bond motifs is 1. The Balaban J connectivity index is 2.16. The van der Waals surface area contributed by atoms with Crippen molar-refractivity contribution in [3.8, 4) is 0 Å². The highest BCUT2D eigenvalue weighted by Gasteiger charge is 2.56. The molecular weight excluding hydrogens is 245 g/mol. The fourth-order valence-corrected chi connectivity index (χ4v) is 4.42. The quantitative estimate of drug-likeness (QED) is 0.768. The molecule has 0 saturated heterocycles. The molecule has 1 unspecified atom stereocenters. The molecule has 4 nitrogen and oxygen atoms in total. The predicted molar refractivity (Wildman–Crippen MR) is 66.9 cm³/mol. The number of H-pyrrole nitrogens is 1. The van der Waals surface area contributed by atoms with E-state index in [0.29, 0.717) is 10.8 Å². The Morgan fingerprint density at radius 1 is 1.44 bits per heavy atom. The third kappa shape index (κ3) is 1.15. The second kappa shape index (κ2) is 3.20. The van der Waals surface area contributed by atoms with Crippen molar-refractivity contribution < 1.29 is 4.89 Å². The molecule has 0 spiro atoms. The Hall–Kier alpha value is -1.09. The van der Waals surface area contributed by atoms with Crippen LogP contribution < -0.4 is 9.97 Å². The Labute approximate surface area is 98.3 Å². The number of hydrogen-bond acceptors (Lipinski definition) is 3. The van der Waals surface area contributed by atoms with Crippen molar-refractivity contribution in [1.29, 1.82) is 0 Å². The summed E-state index contributed by atoms with van der Waals surface area (Å²) in [5, 5.41) is 8.21. The van der Waals surface area contributed by atoms with Crippen LogP contribution >= 0.6 is 19.2 Å². The van der Waals surface area contributed by atoms with E-state index in [9.17, 15) is 4.89 Å². The summed E-state index contributed by atoms with van der Waals surface area (Å²) < 4.78 is 1.84. The van der Waals surface area contributed by atoms with Gasteiger partial charge in [0.1, 0.15) is 17.4 Å². The van der Waals surface area contributed by atoms with Crippen molar-refractivity contribution in [2.45, 2.75) is 0 Å². The Bertz CT molecular complexity index is 555. The molecule has 1 aromatic heterocycles. The lowest BCUT2D eigenvalue weighted by Gasteiger charge is -2.38. The predicted octanol–water partition coefficient (Wildman–Crippen LogP) is 2.31. The summed E-state index contributed by atoms with van der Waals surface area (Å²) in [6, 6.07) is 7.78. The number of rotatable bonds is 1. The van der Waals surface area contributed by atoms with Crippen LogP contribution in [0.4, 0.5) is 11.5 Å². The first-order valence-electron chi connectivity index (χ1n) is 4.80. The molecule has 0 aliphatic carbocycles. The van der Waals surface area contributed by atoms with Crippen molar-refractivity contribution in [3.63, 3.8) is 0 Å². The number of benzene rings is 1. The second-order valence-electron chi connectivity index (χ2n) is 3.78. The third-order valence-corrected chi connectivity index (χ3v) is 5.50. The first-order chi connectivity index (χ1) is 7.62. The van der Waals surface area contributed by atoms with E-state index in [1.165, 1.54) is 6.20 Å². The van der Waals surface area contributed by atoms with Gasteiger partial charge in [0.25, 0.3) is 7.64 Å². The number of hydrogen-bond donors (Lipinski definition) is 2. The Morgan fingerprint density at radius 2 is 2.19 bits per heavy atom. The van der Waals surface area contributed by atoms with Crippen molar-refractivity contribution in [2.75, 3.05) is 11.3 Å². The first kappa shape index (κ1) is 10.1. The maximum Gasteiger partial charge on any atom is 0.271 e. The highest BCUT2D eigenvalue weighted by molar-refractivity contribution is 7.81. The maximum absolute atomic E-state index is 10.5. The average molecular weight is 255 g/mol. The molecule has 1 aliphatic rings. The highest BCUT2D eigenvalue weighted by atomic mass is 35.5. The lowest BCUT2D eigenvalue weighted by atomic mass is 10.3. The standard InChI is InChI=1S/C10H10ClN3OP/c1-16(15)9-5-3-2-4-8(9)14(16)10-7(11)6-12-13-10/h2-6,15H,1H3,(H,12,13)/q+1. The molecule has 2 aromatic rings. The number of aromatic amines is 1. The van der Waals surface area contributed by atoms with Crippen LogP contribution in [0.5, 0.6) is 0 Å². The molecule has 1 atom stereocenters. The SMILES string of the molecule is C[P+]1(O)c2ccccc2N1c1[nH]ncc1Cl. The summed E-state index contributed by atoms with van der Waals surface area (Å²) in [5.41, 5.74) is 0.993. The van der Waals surface area contributed by atoms with Gasteiger partial charge in [0.2, 0.25) is 0 Å². The van der Waals surface area contributed by atoms with E-state index in [0.717, 1.165) is 11.0 Å². The molecule has 0 saturated carbocycles. The van der Waals surface area contributed by atoms with Gasteiger partial charge >= 0.3 is 0 Å². The molecule has 0 bridgehead atoms. The van der Waals surface area contributed by atoms with E-state index in [1.54, 1.807) is 0 Å². The molecule has 6 heteroatoms. The first-order valence-corrected chi connectivity index (χ1v) is 7.32. The normalized spacial score (nSPS) is 22.8. The monoisotopic (exact) mass is 254 g/mol. The summed E-state index contributed by atoms with van der Waals surface area (Å²) in [5.74, 6) is 0.665. The summed E-state index contributed by atoms with van der Waals surface area (Å²) in [6.07, 6.45) is 1.54. The van der Waals surface area contributed by atoms with Crippen molar-refractivity contribution in [1.82, 2.24) is 10.2 Å². The van der Waals surface area contributed by atoms with Gasteiger partial charge in [-0.3, -0.25) is 5.10 Å². The zero-order chi connectivity index (χ0) is 11.3. The minimum atomic E-state index is -2.25. The zero-order valence-corrected chi connectivity index (χ0v) is 10.2. The van der Waals surface area contributed by atoms with Gasteiger partial charge in [0, 0.05) is 0 Å². The molecule has 0 radical (unpaired) electrons. The van der Waals surface area contributed by atoms with Gasteiger partial charge in [-0.15, -0.1) is 0 Å². The summed E-state index contributed by atoms with van der Waals surface area (Å²) in [4.78, 5) is 10.5. The molecule has 82 valence electrons. The molecule has 0 fully saturated rings. The topological polar surface area (TPSA) is 52.1 Å². The number of nitrogens with zero attached hydrogens (tertiary/aromatic N) is 2. The number of nitrogens with one attached hydrogen (secondary N) is 1. The number of anilines is 2. The van der Waals surface area contributed by atoms with Crippen LogP contribution in [-0.4, -0.2) is 21.8 Å². The molecule has 2 heterocycles. The Kier molecular flexibility index (Phi) is 2.02. The van der Waals surface area contributed by atoms with Crippen molar-refractivity contribution in [3.05, 3.63) is 35.5 Å². The van der Waals surface area contributed by atoms with Gasteiger partial charge in [0.15, 0.2) is 11.1 Å². The van der Waals surface area contributed by atoms with Crippen LogP contribution in [-0.2, 0) is 0 Å². The minimum Gasteiger partial charge on any atom is -0.259 e. The van der Waals surface area contributed by atoms with Crippen LogP contribution in [0.1, 0.15) is 0 Å². The average Bonchev–Trinajstić information content (AvgIpc) is 2.65. The maximum atomic E-state index is 10.5. The molecular formula is C10H10ClN3OP+. The highest BCUT2D eigenvalue weighted by Crippen LogP contribution is 2.68. The number of aromatic nitrogens is 2. The number of halogens is 1. The molecule has 16 heavy (non-hydrogen) atoms. The van der Waals surface area contributed by atoms with Crippen molar-refractivity contribution in [2.24, 2.45) is 0 Å². The lowest BCUT2D eigenvalue weighted by Crippen LogP contribution is -2.39. The van der Waals surface area contributed by atoms with Crippen LogP contribution in [0.25, 0.3) is 0 Å². The summed E-state index contributed by atoms with van der Waals surface area (Å²) >= 11 is 6.01. The van der Waals surface area contributed by atoms with Crippen molar-refractivity contribution >= 4 is 36.1 Å². The van der Waals surface area contributed by atoms with E-state index in [1.807, 2.05) is 35.6 Å². The largest absolute Gasteiger partial charge is 0.271 e. The molecule has 1 aliphatic heterocycles. The smallest absolute Gasteiger partial charge is 0.259 e. The van der Waals surface area contributed by atoms with Crippen LogP contribution in [0, 0.1) is 0 Å². The third-order valence-electron chi connectivity index (χ3n) is 2.74. The van der Waals surface area contributed by atoms with Gasteiger partial charge in [-0.25, -0.2) is 4.89 Å². The fraction of sp³-hybridized carbons (Fsp3) is 0.100. The lowest BCUT2D eigenvalue weighted by molar-refractivity contribution is 0.612. The summed E-state index contributed by atoms with van der Waals surface area (Å²) in [7, 11) is -2.25. The van der Waals surface area contributed by atoms with E-state index < -0.39 is 7.64 Å². The molecule has 0 amide bonds. The van der Waals surface area contributed by atoms with E-state index >= 15 is 0 Å². The molecule has 2 N–H and O–H groups in total. The summed E-state index contributed by atoms with van der Waals surface area (Å²) in [6.45, 7) is 1.84. The zero-order valence-electron chi connectivity index (χ0n) is 8.55. The fourth-order valence-electron chi connectivity index (χ4n) is 2.00. The minimum absolute atomic E-state index is 0.523. The van der Waals surface area contributed by atoms with Crippen LogP contribution in [0.15, 0.2) is 30.5 Å². The van der Waals surface area contributed by atoms with Gasteiger partial charge < -0.3 is 0 Å². The molecule has 1 aromatic carbocycles. The molecule has 3 rings (SSSR count). The van der Waals surface area contributed by atoms with Crippen LogP contribution in [0.3, 0.4) is 0 Å². The van der Waals surface area contributed by atoms with E-state index in [-0.39, 0.29) is 0 Å². The van der Waals surface area contributed by atoms with Gasteiger partial charge in [-0.2, -0.15) is 9.77 Å². The van der Waals surface area contributed by atoms with E-state index in [2.05, 4.69) is 10.2 Å².